The van der Waals surface area contributed by atoms with Gasteiger partial charge in [-0.3, -0.25) is 0 Å². The molecule has 0 radical (unpaired) electrons. The van der Waals surface area contributed by atoms with Gasteiger partial charge in [0.05, 0.1) is 23.8 Å². The van der Waals surface area contributed by atoms with Crippen molar-refractivity contribution in [1.29, 1.82) is 0 Å². The minimum absolute atomic E-state index is 0.907. The number of nitrogens with zero attached hydrogens (tertiary/aromatic N) is 2. The summed E-state index contributed by atoms with van der Waals surface area (Å²) in [5, 5.41) is 7.77. The number of hydrogen-bond donors (Lipinski definition) is 1. The number of rotatable bonds is 5. The number of nitrogens with one attached hydrogen (secondary N) is 1. The molecule has 2 aromatic carbocycles. The van der Waals surface area contributed by atoms with E-state index in [1.807, 2.05) is 53.5 Å². The van der Waals surface area contributed by atoms with Crippen LogP contribution in [0.4, 0.5) is 5.69 Å². The summed E-state index contributed by atoms with van der Waals surface area (Å²) in [5.74, 6) is 0. The van der Waals surface area contributed by atoms with Crippen LogP contribution in [0.2, 0.25) is 0 Å². The van der Waals surface area contributed by atoms with Gasteiger partial charge in [-0.25, -0.2) is 4.68 Å². The van der Waals surface area contributed by atoms with E-state index < -0.39 is 0 Å². The van der Waals surface area contributed by atoms with Gasteiger partial charge in [0.15, 0.2) is 0 Å². The molecule has 0 aliphatic rings. The molecule has 3 nitrogen and oxygen atoms in total. The zero-order chi connectivity index (χ0) is 13.6. The number of hydrogen-bond acceptors (Lipinski definition) is 2. The van der Waals surface area contributed by atoms with Gasteiger partial charge in [-0.05, 0) is 24.1 Å². The summed E-state index contributed by atoms with van der Waals surface area (Å²) in [4.78, 5) is 0. The zero-order valence-corrected chi connectivity index (χ0v) is 11.2. The highest BCUT2D eigenvalue weighted by Gasteiger charge is 1.99. The van der Waals surface area contributed by atoms with Gasteiger partial charge < -0.3 is 5.32 Å². The highest BCUT2D eigenvalue weighted by molar-refractivity contribution is 5.42. The summed E-state index contributed by atoms with van der Waals surface area (Å²) in [6.45, 7) is 0.907. The van der Waals surface area contributed by atoms with E-state index in [9.17, 15) is 0 Å². The maximum atomic E-state index is 4.37. The molecule has 0 aliphatic heterocycles. The maximum Gasteiger partial charge on any atom is 0.0731 e. The molecule has 0 aliphatic carbocycles. The molecule has 0 saturated heterocycles. The van der Waals surface area contributed by atoms with E-state index >= 15 is 0 Å². The fourth-order valence-electron chi connectivity index (χ4n) is 2.13. The SMILES string of the molecule is c1ccc(CCNc2cnn(-c3ccccc3)c2)cc1. The molecule has 0 bridgehead atoms. The molecule has 1 aromatic heterocycles. The smallest absolute Gasteiger partial charge is 0.0731 e. The lowest BCUT2D eigenvalue weighted by atomic mass is 10.1. The van der Waals surface area contributed by atoms with Crippen molar-refractivity contribution < 1.29 is 0 Å². The summed E-state index contributed by atoms with van der Waals surface area (Å²) in [6, 6.07) is 20.6. The van der Waals surface area contributed by atoms with Crippen LogP contribution < -0.4 is 5.32 Å². The number of para-hydroxylation sites is 1. The standard InChI is InChI=1S/C17H17N3/c1-3-7-15(8-4-1)11-12-18-16-13-19-20(14-16)17-9-5-2-6-10-17/h1-10,13-14,18H,11-12H2. The predicted octanol–water partition coefficient (Wildman–Crippen LogP) is 3.53. The van der Waals surface area contributed by atoms with Gasteiger partial charge in [-0.2, -0.15) is 5.10 Å². The Bertz CT molecular complexity index is 644. The third-order valence-corrected chi connectivity index (χ3v) is 3.19. The molecule has 3 rings (SSSR count). The quantitative estimate of drug-likeness (QED) is 0.763. The van der Waals surface area contributed by atoms with Crippen molar-refractivity contribution in [1.82, 2.24) is 9.78 Å². The first-order valence-corrected chi connectivity index (χ1v) is 6.80. The Labute approximate surface area is 118 Å². The van der Waals surface area contributed by atoms with E-state index in [1.165, 1.54) is 5.56 Å². The largest absolute Gasteiger partial charge is 0.382 e. The monoisotopic (exact) mass is 263 g/mol. The Morgan fingerprint density at radius 2 is 1.60 bits per heavy atom. The summed E-state index contributed by atoms with van der Waals surface area (Å²) in [7, 11) is 0. The van der Waals surface area contributed by atoms with Gasteiger partial charge in [-0.15, -0.1) is 0 Å². The van der Waals surface area contributed by atoms with Gasteiger partial charge in [-0.1, -0.05) is 48.5 Å². The van der Waals surface area contributed by atoms with Gasteiger partial charge in [0.1, 0.15) is 0 Å². The fraction of sp³-hybridized carbons (Fsp3) is 0.118. The summed E-state index contributed by atoms with van der Waals surface area (Å²) < 4.78 is 1.88. The van der Waals surface area contributed by atoms with Crippen LogP contribution in [0, 0.1) is 0 Å². The van der Waals surface area contributed by atoms with Crippen molar-refractivity contribution in [2.24, 2.45) is 0 Å². The maximum absolute atomic E-state index is 4.37. The van der Waals surface area contributed by atoms with E-state index in [4.69, 9.17) is 0 Å². The van der Waals surface area contributed by atoms with Crippen molar-refractivity contribution >= 4 is 5.69 Å². The Morgan fingerprint density at radius 3 is 2.35 bits per heavy atom. The first-order valence-electron chi connectivity index (χ1n) is 6.80. The number of anilines is 1. The lowest BCUT2D eigenvalue weighted by molar-refractivity contribution is 0.880. The minimum atomic E-state index is 0.907. The van der Waals surface area contributed by atoms with Crippen molar-refractivity contribution in [2.75, 3.05) is 11.9 Å². The molecule has 20 heavy (non-hydrogen) atoms. The second-order valence-electron chi connectivity index (χ2n) is 4.67. The van der Waals surface area contributed by atoms with Crippen LogP contribution in [-0.2, 0) is 6.42 Å². The Kier molecular flexibility index (Phi) is 3.78. The Balaban J connectivity index is 1.58. The molecule has 0 fully saturated rings. The molecule has 3 aromatic rings. The topological polar surface area (TPSA) is 29.9 Å². The summed E-state index contributed by atoms with van der Waals surface area (Å²) >= 11 is 0. The number of benzene rings is 2. The number of aromatic nitrogens is 2. The average molecular weight is 263 g/mol. The lowest BCUT2D eigenvalue weighted by Crippen LogP contribution is -2.03. The van der Waals surface area contributed by atoms with Gasteiger partial charge in [0.25, 0.3) is 0 Å². The molecule has 0 spiro atoms. The van der Waals surface area contributed by atoms with E-state index in [1.54, 1.807) is 0 Å². The molecule has 3 heteroatoms. The van der Waals surface area contributed by atoms with E-state index in [0.29, 0.717) is 0 Å². The zero-order valence-electron chi connectivity index (χ0n) is 11.2. The highest BCUT2D eigenvalue weighted by Crippen LogP contribution is 2.11. The molecule has 0 saturated carbocycles. The van der Waals surface area contributed by atoms with Crippen molar-refractivity contribution in [3.05, 3.63) is 78.6 Å². The molecule has 100 valence electrons. The van der Waals surface area contributed by atoms with E-state index in [2.05, 4.69) is 34.7 Å². The van der Waals surface area contributed by atoms with Crippen LogP contribution in [0.25, 0.3) is 5.69 Å². The lowest BCUT2D eigenvalue weighted by Gasteiger charge is -2.03. The highest BCUT2D eigenvalue weighted by atomic mass is 15.3. The third kappa shape index (κ3) is 3.06. The van der Waals surface area contributed by atoms with Gasteiger partial charge in [0.2, 0.25) is 0 Å². The van der Waals surface area contributed by atoms with Gasteiger partial charge >= 0.3 is 0 Å². The molecule has 0 unspecified atom stereocenters. The van der Waals surface area contributed by atoms with Crippen LogP contribution in [0.15, 0.2) is 73.1 Å². The van der Waals surface area contributed by atoms with E-state index in [0.717, 1.165) is 24.3 Å². The first kappa shape index (κ1) is 12.5. The van der Waals surface area contributed by atoms with Gasteiger partial charge in [0, 0.05) is 6.54 Å². The normalized spacial score (nSPS) is 10.4. The molecule has 1 N–H and O–H groups in total. The molecular formula is C17H17N3. The predicted molar refractivity (Wildman–Crippen MR) is 82.2 cm³/mol. The van der Waals surface area contributed by atoms with Crippen molar-refractivity contribution in [3.63, 3.8) is 0 Å². The average Bonchev–Trinajstić information content (AvgIpc) is 2.98. The summed E-state index contributed by atoms with van der Waals surface area (Å²) in [5.41, 5.74) is 3.46. The summed E-state index contributed by atoms with van der Waals surface area (Å²) in [6.07, 6.45) is 4.88. The van der Waals surface area contributed by atoms with Crippen LogP contribution in [0.3, 0.4) is 0 Å². The van der Waals surface area contributed by atoms with E-state index in [-0.39, 0.29) is 0 Å². The molecule has 0 amide bonds. The van der Waals surface area contributed by atoms with Crippen LogP contribution in [-0.4, -0.2) is 16.3 Å². The van der Waals surface area contributed by atoms with Crippen LogP contribution in [0.1, 0.15) is 5.56 Å². The third-order valence-electron chi connectivity index (χ3n) is 3.19. The molecule has 1 heterocycles. The Morgan fingerprint density at radius 1 is 0.900 bits per heavy atom. The van der Waals surface area contributed by atoms with Crippen molar-refractivity contribution in [3.8, 4) is 5.69 Å². The second kappa shape index (κ2) is 6.06. The minimum Gasteiger partial charge on any atom is -0.382 e. The molecule has 0 atom stereocenters. The Hall–Kier alpha value is -2.55. The van der Waals surface area contributed by atoms with Crippen LogP contribution >= 0.6 is 0 Å². The second-order valence-corrected chi connectivity index (χ2v) is 4.67. The van der Waals surface area contributed by atoms with Crippen LogP contribution in [0.5, 0.6) is 0 Å². The molecular weight excluding hydrogens is 246 g/mol. The van der Waals surface area contributed by atoms with Crippen molar-refractivity contribution in [2.45, 2.75) is 6.42 Å². The fourth-order valence-corrected chi connectivity index (χ4v) is 2.13. The first-order chi connectivity index (χ1) is 9.92.